The Morgan fingerprint density at radius 3 is 3.17 bits per heavy atom. The molecule has 1 aliphatic rings. The lowest BCUT2D eigenvalue weighted by Crippen LogP contribution is -2.28. The van der Waals surface area contributed by atoms with Crippen LogP contribution in [0.3, 0.4) is 0 Å². The Kier molecular flexibility index (Phi) is 2.79. The lowest BCUT2D eigenvalue weighted by molar-refractivity contribution is -0.120. The zero-order chi connectivity index (χ0) is 12.5. The summed E-state index contributed by atoms with van der Waals surface area (Å²) in [5.74, 6) is 0.114. The third-order valence-corrected chi connectivity index (χ3v) is 4.06. The molecule has 2 heterocycles. The number of hydrogen-bond donors (Lipinski definition) is 2. The predicted molar refractivity (Wildman–Crippen MR) is 73.9 cm³/mol. The van der Waals surface area contributed by atoms with E-state index < -0.39 is 0 Å². The van der Waals surface area contributed by atoms with E-state index in [0.29, 0.717) is 13.0 Å². The first kappa shape index (κ1) is 11.3. The second-order valence-electron chi connectivity index (χ2n) is 4.31. The van der Waals surface area contributed by atoms with Crippen molar-refractivity contribution in [1.29, 1.82) is 0 Å². The molecule has 0 spiro atoms. The van der Waals surface area contributed by atoms with Crippen LogP contribution < -0.4 is 16.0 Å². The number of nitrogens with zero attached hydrogens (tertiary/aromatic N) is 2. The zero-order valence-electron chi connectivity index (χ0n) is 9.85. The van der Waals surface area contributed by atoms with Crippen LogP contribution in [0.15, 0.2) is 18.2 Å². The number of hydrogen-bond acceptors (Lipinski definition) is 5. The van der Waals surface area contributed by atoms with Crippen LogP contribution in [0.25, 0.3) is 10.2 Å². The molecular formula is C12H14N4OS. The summed E-state index contributed by atoms with van der Waals surface area (Å²) >= 11 is 1.62. The minimum absolute atomic E-state index is 0.114. The predicted octanol–water partition coefficient (Wildman–Crippen LogP) is 1.20. The third kappa shape index (κ3) is 2.11. The Labute approximate surface area is 109 Å². The van der Waals surface area contributed by atoms with Crippen LogP contribution in [-0.2, 0) is 4.79 Å². The molecule has 0 atom stereocenters. The molecule has 1 fully saturated rings. The van der Waals surface area contributed by atoms with E-state index in [1.807, 2.05) is 18.2 Å². The van der Waals surface area contributed by atoms with Crippen molar-refractivity contribution in [3.63, 3.8) is 0 Å². The number of nitrogens with two attached hydrogens (primary N) is 1. The zero-order valence-corrected chi connectivity index (χ0v) is 10.7. The average Bonchev–Trinajstić information content (AvgIpc) is 2.63. The summed E-state index contributed by atoms with van der Waals surface area (Å²) in [5.41, 5.74) is 7.49. The number of thiazole rings is 1. The molecule has 0 unspecified atom stereocenters. The van der Waals surface area contributed by atoms with Gasteiger partial charge in [-0.3, -0.25) is 4.79 Å². The van der Waals surface area contributed by atoms with Crippen molar-refractivity contribution in [2.45, 2.75) is 6.42 Å². The summed E-state index contributed by atoms with van der Waals surface area (Å²) in [6.07, 6.45) is 0.526. The minimum Gasteiger partial charge on any atom is -0.399 e. The number of nitrogen functional groups attached to an aromatic ring is 1. The van der Waals surface area contributed by atoms with Gasteiger partial charge in [-0.25, -0.2) is 4.98 Å². The van der Waals surface area contributed by atoms with Crippen LogP contribution in [0, 0.1) is 0 Å². The fourth-order valence-electron chi connectivity index (χ4n) is 2.02. The topological polar surface area (TPSA) is 71.2 Å². The number of nitrogens with one attached hydrogen (secondary N) is 1. The van der Waals surface area contributed by atoms with Crippen molar-refractivity contribution in [3.05, 3.63) is 18.2 Å². The molecule has 18 heavy (non-hydrogen) atoms. The first-order valence-electron chi connectivity index (χ1n) is 5.90. The van der Waals surface area contributed by atoms with Crippen LogP contribution in [0.1, 0.15) is 6.42 Å². The Hall–Kier alpha value is -1.82. The Balaban J connectivity index is 1.91. The number of fused-ring (bicyclic) bond motifs is 1. The molecule has 1 aromatic heterocycles. The molecule has 1 saturated heterocycles. The van der Waals surface area contributed by atoms with Crippen LogP contribution in [0.2, 0.25) is 0 Å². The van der Waals surface area contributed by atoms with Crippen molar-refractivity contribution >= 4 is 38.3 Å². The summed E-state index contributed by atoms with van der Waals surface area (Å²) in [7, 11) is 0. The average molecular weight is 262 g/mol. The van der Waals surface area contributed by atoms with Gasteiger partial charge in [0.15, 0.2) is 5.13 Å². The SMILES string of the molecule is Nc1ccc2nc(N3CCNC(=O)CC3)sc2c1. The highest BCUT2D eigenvalue weighted by molar-refractivity contribution is 7.22. The van der Waals surface area contributed by atoms with Crippen molar-refractivity contribution in [1.82, 2.24) is 10.3 Å². The molecule has 94 valence electrons. The number of amides is 1. The monoisotopic (exact) mass is 262 g/mol. The van der Waals surface area contributed by atoms with E-state index in [0.717, 1.165) is 34.1 Å². The molecule has 2 aromatic rings. The van der Waals surface area contributed by atoms with Gasteiger partial charge < -0.3 is 16.0 Å². The Morgan fingerprint density at radius 2 is 2.28 bits per heavy atom. The molecule has 1 amide bonds. The van der Waals surface area contributed by atoms with E-state index in [2.05, 4.69) is 15.2 Å². The molecule has 3 N–H and O–H groups in total. The molecule has 0 saturated carbocycles. The first-order chi connectivity index (χ1) is 8.72. The van der Waals surface area contributed by atoms with E-state index in [9.17, 15) is 4.79 Å². The lowest BCUT2D eigenvalue weighted by atomic mass is 10.3. The fraction of sp³-hybridized carbons (Fsp3) is 0.333. The maximum atomic E-state index is 11.3. The number of benzene rings is 1. The summed E-state index contributed by atoms with van der Waals surface area (Å²) in [4.78, 5) is 18.1. The fourth-order valence-corrected chi connectivity index (χ4v) is 3.09. The van der Waals surface area contributed by atoms with Crippen molar-refractivity contribution < 1.29 is 4.79 Å². The van der Waals surface area contributed by atoms with Crippen LogP contribution in [0.4, 0.5) is 10.8 Å². The van der Waals surface area contributed by atoms with Gasteiger partial charge in [-0.1, -0.05) is 11.3 Å². The van der Waals surface area contributed by atoms with Crippen molar-refractivity contribution in [3.8, 4) is 0 Å². The van der Waals surface area contributed by atoms with Gasteiger partial charge in [0.2, 0.25) is 5.91 Å². The minimum atomic E-state index is 0.114. The normalized spacial score (nSPS) is 16.7. The third-order valence-electron chi connectivity index (χ3n) is 2.98. The van der Waals surface area contributed by atoms with E-state index >= 15 is 0 Å². The summed E-state index contributed by atoms with van der Waals surface area (Å²) in [6, 6.07) is 5.74. The quantitative estimate of drug-likeness (QED) is 0.758. The van der Waals surface area contributed by atoms with Gasteiger partial charge in [-0.15, -0.1) is 0 Å². The van der Waals surface area contributed by atoms with Gasteiger partial charge in [0, 0.05) is 31.7 Å². The number of carbonyl (C=O) groups is 1. The molecule has 0 radical (unpaired) electrons. The molecule has 0 bridgehead atoms. The molecule has 1 aromatic carbocycles. The Morgan fingerprint density at radius 1 is 1.39 bits per heavy atom. The maximum absolute atomic E-state index is 11.3. The number of carbonyl (C=O) groups excluding carboxylic acids is 1. The second kappa shape index (κ2) is 4.45. The van der Waals surface area contributed by atoms with E-state index in [4.69, 9.17) is 5.73 Å². The van der Waals surface area contributed by atoms with Crippen molar-refractivity contribution in [2.24, 2.45) is 0 Å². The summed E-state index contributed by atoms with van der Waals surface area (Å²) in [6.45, 7) is 2.21. The molecular weight excluding hydrogens is 248 g/mol. The number of aromatic nitrogens is 1. The highest BCUT2D eigenvalue weighted by Crippen LogP contribution is 2.30. The molecule has 3 rings (SSSR count). The maximum Gasteiger partial charge on any atom is 0.221 e. The largest absolute Gasteiger partial charge is 0.399 e. The van der Waals surface area contributed by atoms with Gasteiger partial charge in [0.25, 0.3) is 0 Å². The molecule has 1 aliphatic heterocycles. The second-order valence-corrected chi connectivity index (χ2v) is 5.32. The summed E-state index contributed by atoms with van der Waals surface area (Å²) in [5, 5.41) is 3.83. The highest BCUT2D eigenvalue weighted by atomic mass is 32.1. The molecule has 5 nitrogen and oxygen atoms in total. The van der Waals surface area contributed by atoms with E-state index in [1.165, 1.54) is 0 Å². The smallest absolute Gasteiger partial charge is 0.221 e. The lowest BCUT2D eigenvalue weighted by Gasteiger charge is -2.17. The highest BCUT2D eigenvalue weighted by Gasteiger charge is 2.16. The number of anilines is 2. The van der Waals surface area contributed by atoms with E-state index in [1.54, 1.807) is 11.3 Å². The van der Waals surface area contributed by atoms with Crippen LogP contribution >= 0.6 is 11.3 Å². The van der Waals surface area contributed by atoms with Gasteiger partial charge in [-0.2, -0.15) is 0 Å². The summed E-state index contributed by atoms with van der Waals surface area (Å²) < 4.78 is 1.09. The van der Waals surface area contributed by atoms with Gasteiger partial charge >= 0.3 is 0 Å². The van der Waals surface area contributed by atoms with Crippen molar-refractivity contribution in [2.75, 3.05) is 30.3 Å². The van der Waals surface area contributed by atoms with E-state index in [-0.39, 0.29) is 5.91 Å². The number of rotatable bonds is 1. The Bertz CT molecular complexity index is 595. The first-order valence-corrected chi connectivity index (χ1v) is 6.72. The standard InChI is InChI=1S/C12H14N4OS/c13-8-1-2-9-10(7-8)18-12(15-9)16-5-3-11(17)14-4-6-16/h1-2,7H,3-6,13H2,(H,14,17). The van der Waals surface area contributed by atoms with Gasteiger partial charge in [-0.05, 0) is 18.2 Å². The van der Waals surface area contributed by atoms with Crippen LogP contribution in [-0.4, -0.2) is 30.5 Å². The molecule has 6 heteroatoms. The van der Waals surface area contributed by atoms with Crippen LogP contribution in [0.5, 0.6) is 0 Å². The van der Waals surface area contributed by atoms with Gasteiger partial charge in [0.05, 0.1) is 10.2 Å². The molecule has 0 aliphatic carbocycles. The van der Waals surface area contributed by atoms with Gasteiger partial charge in [0.1, 0.15) is 0 Å².